The van der Waals surface area contributed by atoms with Crippen molar-refractivity contribution in [2.45, 2.75) is 26.3 Å². The van der Waals surface area contributed by atoms with Gasteiger partial charge < -0.3 is 9.84 Å². The Morgan fingerprint density at radius 3 is 2.77 bits per heavy atom. The fourth-order valence-corrected chi connectivity index (χ4v) is 2.90. The number of carbonyl (C=O) groups excluding carboxylic acids is 1. The van der Waals surface area contributed by atoms with Crippen LogP contribution in [0.15, 0.2) is 27.5 Å². The van der Waals surface area contributed by atoms with Crippen molar-refractivity contribution in [1.29, 1.82) is 0 Å². The fourth-order valence-electron chi connectivity index (χ4n) is 2.54. The van der Waals surface area contributed by atoms with Gasteiger partial charge in [-0.1, -0.05) is 15.9 Å². The van der Waals surface area contributed by atoms with Gasteiger partial charge in [-0.05, 0) is 43.9 Å². The number of benzene rings is 1. The minimum Gasteiger partial charge on any atom is -0.505 e. The molecule has 1 aromatic carbocycles. The summed E-state index contributed by atoms with van der Waals surface area (Å²) in [6.07, 6.45) is 2.07. The van der Waals surface area contributed by atoms with Crippen LogP contribution in [0.4, 0.5) is 0 Å². The van der Waals surface area contributed by atoms with Crippen molar-refractivity contribution in [2.24, 2.45) is 5.92 Å². The van der Waals surface area contributed by atoms with Crippen LogP contribution in [-0.4, -0.2) is 22.2 Å². The van der Waals surface area contributed by atoms with Crippen LogP contribution >= 0.6 is 15.9 Å². The minimum absolute atomic E-state index is 0.0476. The molecule has 1 saturated carbocycles. The van der Waals surface area contributed by atoms with E-state index in [4.69, 9.17) is 4.74 Å². The van der Waals surface area contributed by atoms with E-state index in [1.54, 1.807) is 25.1 Å². The van der Waals surface area contributed by atoms with E-state index in [9.17, 15) is 14.7 Å². The quantitative estimate of drug-likeness (QED) is 0.845. The van der Waals surface area contributed by atoms with Crippen molar-refractivity contribution < 1.29 is 14.6 Å². The van der Waals surface area contributed by atoms with E-state index in [1.807, 2.05) is 0 Å². The first-order valence-corrected chi connectivity index (χ1v) is 8.04. The first-order valence-electron chi connectivity index (χ1n) is 7.25. The molecule has 5 nitrogen and oxygen atoms in total. The van der Waals surface area contributed by atoms with Crippen molar-refractivity contribution in [1.82, 2.24) is 4.57 Å². The predicted molar refractivity (Wildman–Crippen MR) is 86.3 cm³/mol. The SMILES string of the molecule is CCOC(=O)c1c(O)c2ccc(Br)cc2c(=O)n1CC1CC1. The van der Waals surface area contributed by atoms with Gasteiger partial charge in [0.1, 0.15) is 0 Å². The van der Waals surface area contributed by atoms with Gasteiger partial charge in [-0.25, -0.2) is 4.79 Å². The fraction of sp³-hybridized carbons (Fsp3) is 0.375. The lowest BCUT2D eigenvalue weighted by atomic mass is 10.1. The Labute approximate surface area is 135 Å². The molecule has 1 N–H and O–H groups in total. The molecule has 1 fully saturated rings. The maximum absolute atomic E-state index is 12.7. The Morgan fingerprint density at radius 2 is 2.14 bits per heavy atom. The molecule has 0 bridgehead atoms. The highest BCUT2D eigenvalue weighted by Gasteiger charge is 2.28. The number of hydrogen-bond donors (Lipinski definition) is 1. The van der Waals surface area contributed by atoms with E-state index in [0.717, 1.165) is 17.3 Å². The number of pyridine rings is 1. The average Bonchev–Trinajstić information content (AvgIpc) is 3.28. The number of ether oxygens (including phenoxy) is 1. The van der Waals surface area contributed by atoms with Gasteiger partial charge in [0.05, 0.1) is 12.0 Å². The molecule has 0 amide bonds. The summed E-state index contributed by atoms with van der Waals surface area (Å²) in [5, 5.41) is 11.3. The van der Waals surface area contributed by atoms with Crippen LogP contribution in [-0.2, 0) is 11.3 Å². The number of halogens is 1. The van der Waals surface area contributed by atoms with E-state index < -0.39 is 5.97 Å². The van der Waals surface area contributed by atoms with Gasteiger partial charge in [-0.3, -0.25) is 9.36 Å². The highest BCUT2D eigenvalue weighted by atomic mass is 79.9. The molecule has 0 radical (unpaired) electrons. The van der Waals surface area contributed by atoms with Gasteiger partial charge in [-0.2, -0.15) is 0 Å². The van der Waals surface area contributed by atoms with E-state index in [0.29, 0.717) is 23.2 Å². The number of aromatic hydroxyl groups is 1. The van der Waals surface area contributed by atoms with Gasteiger partial charge >= 0.3 is 5.97 Å². The molecule has 6 heteroatoms. The highest BCUT2D eigenvalue weighted by Crippen LogP contribution is 2.34. The maximum Gasteiger partial charge on any atom is 0.358 e. The Balaban J connectivity index is 2.29. The lowest BCUT2D eigenvalue weighted by Crippen LogP contribution is -2.28. The van der Waals surface area contributed by atoms with Gasteiger partial charge in [0.2, 0.25) is 0 Å². The average molecular weight is 366 g/mol. The molecular weight excluding hydrogens is 350 g/mol. The maximum atomic E-state index is 12.7. The Morgan fingerprint density at radius 1 is 1.41 bits per heavy atom. The number of nitrogens with zero attached hydrogens (tertiary/aromatic N) is 1. The Bertz CT molecular complexity index is 808. The van der Waals surface area contributed by atoms with E-state index >= 15 is 0 Å². The molecule has 2 aromatic rings. The van der Waals surface area contributed by atoms with Crippen LogP contribution in [0.5, 0.6) is 5.75 Å². The highest BCUT2D eigenvalue weighted by molar-refractivity contribution is 9.10. The number of aromatic nitrogens is 1. The topological polar surface area (TPSA) is 68.5 Å². The van der Waals surface area contributed by atoms with Crippen LogP contribution < -0.4 is 5.56 Å². The summed E-state index contributed by atoms with van der Waals surface area (Å²) < 4.78 is 7.12. The van der Waals surface area contributed by atoms with Crippen LogP contribution in [0.3, 0.4) is 0 Å². The zero-order chi connectivity index (χ0) is 15.9. The summed E-state index contributed by atoms with van der Waals surface area (Å²) in [4.78, 5) is 24.9. The molecule has 1 aliphatic carbocycles. The normalized spacial score (nSPS) is 14.3. The van der Waals surface area contributed by atoms with Gasteiger partial charge in [-0.15, -0.1) is 0 Å². The van der Waals surface area contributed by atoms with Crippen LogP contribution in [0.1, 0.15) is 30.3 Å². The Hall–Kier alpha value is -1.82. The zero-order valence-corrected chi connectivity index (χ0v) is 13.7. The molecule has 3 rings (SSSR count). The molecule has 0 spiro atoms. The number of fused-ring (bicyclic) bond motifs is 1. The second kappa shape index (κ2) is 5.76. The minimum atomic E-state index is -0.664. The third-order valence-corrected chi connectivity index (χ3v) is 4.31. The number of rotatable bonds is 4. The van der Waals surface area contributed by atoms with E-state index in [2.05, 4.69) is 15.9 Å². The van der Waals surface area contributed by atoms with Gasteiger partial charge in [0, 0.05) is 16.4 Å². The second-order valence-corrected chi connectivity index (χ2v) is 6.38. The third kappa shape index (κ3) is 2.63. The van der Waals surface area contributed by atoms with Gasteiger partial charge in [0.25, 0.3) is 5.56 Å². The van der Waals surface area contributed by atoms with Crippen molar-refractivity contribution >= 4 is 32.7 Å². The summed E-state index contributed by atoms with van der Waals surface area (Å²) >= 11 is 3.33. The summed E-state index contributed by atoms with van der Waals surface area (Å²) in [6.45, 7) is 2.31. The second-order valence-electron chi connectivity index (χ2n) is 5.47. The number of esters is 1. The molecule has 1 aromatic heterocycles. The van der Waals surface area contributed by atoms with Crippen LogP contribution in [0, 0.1) is 5.92 Å². The third-order valence-electron chi connectivity index (χ3n) is 3.81. The molecule has 0 atom stereocenters. The lowest BCUT2D eigenvalue weighted by molar-refractivity contribution is 0.0508. The summed E-state index contributed by atoms with van der Waals surface area (Å²) in [7, 11) is 0. The molecule has 0 unspecified atom stereocenters. The van der Waals surface area contributed by atoms with Crippen LogP contribution in [0.25, 0.3) is 10.8 Å². The molecule has 1 aliphatic rings. The number of carbonyl (C=O) groups is 1. The molecule has 1 heterocycles. The van der Waals surface area contributed by atoms with E-state index in [-0.39, 0.29) is 23.6 Å². The van der Waals surface area contributed by atoms with Crippen LogP contribution in [0.2, 0.25) is 0 Å². The van der Waals surface area contributed by atoms with Crippen molar-refractivity contribution in [2.75, 3.05) is 6.61 Å². The first kappa shape index (κ1) is 15.1. The summed E-state index contributed by atoms with van der Waals surface area (Å²) in [5.41, 5.74) is -0.322. The van der Waals surface area contributed by atoms with Crippen molar-refractivity contribution in [3.05, 3.63) is 38.7 Å². The lowest BCUT2D eigenvalue weighted by Gasteiger charge is -2.15. The summed E-state index contributed by atoms with van der Waals surface area (Å²) in [5.74, 6) is -0.473. The monoisotopic (exact) mass is 365 g/mol. The van der Waals surface area contributed by atoms with Crippen molar-refractivity contribution in [3.8, 4) is 5.75 Å². The standard InChI is InChI=1S/C16H16BrNO4/c1-2-22-16(21)13-14(19)11-6-5-10(17)7-12(11)15(20)18(13)8-9-3-4-9/h5-7,9,19H,2-4,8H2,1H3. The first-order chi connectivity index (χ1) is 10.5. The molecule has 116 valence electrons. The van der Waals surface area contributed by atoms with E-state index in [1.165, 1.54) is 4.57 Å². The number of hydrogen-bond acceptors (Lipinski definition) is 4. The largest absolute Gasteiger partial charge is 0.505 e. The molecule has 0 saturated heterocycles. The molecular formula is C16H16BrNO4. The van der Waals surface area contributed by atoms with Gasteiger partial charge in [0.15, 0.2) is 11.4 Å². The smallest absolute Gasteiger partial charge is 0.358 e. The molecule has 22 heavy (non-hydrogen) atoms. The zero-order valence-electron chi connectivity index (χ0n) is 12.1. The summed E-state index contributed by atoms with van der Waals surface area (Å²) in [6, 6.07) is 5.01. The predicted octanol–water partition coefficient (Wildman–Crippen LogP) is 3.06. The Kier molecular flexibility index (Phi) is 3.95. The van der Waals surface area contributed by atoms with Crippen molar-refractivity contribution in [3.63, 3.8) is 0 Å². The molecule has 0 aliphatic heterocycles.